The van der Waals surface area contributed by atoms with E-state index in [0.29, 0.717) is 22.9 Å². The lowest BCUT2D eigenvalue weighted by molar-refractivity contribution is -0.139. The molecule has 3 aromatic rings. The fourth-order valence-corrected chi connectivity index (χ4v) is 5.37. The molecular weight excluding hydrogens is 533 g/mol. The van der Waals surface area contributed by atoms with Crippen molar-refractivity contribution in [2.75, 3.05) is 24.5 Å². The Labute approximate surface area is 227 Å². The highest BCUT2D eigenvalue weighted by atomic mass is 35.5. The van der Waals surface area contributed by atoms with Crippen LogP contribution in [0.1, 0.15) is 19.4 Å². The monoisotopic (exact) mass is 561 g/mol. The number of hydrogen-bond donors (Lipinski definition) is 1. The summed E-state index contributed by atoms with van der Waals surface area (Å²) >= 11 is 6.12. The Morgan fingerprint density at radius 1 is 1.05 bits per heavy atom. The summed E-state index contributed by atoms with van der Waals surface area (Å²) in [5, 5.41) is 3.15. The molecule has 1 atom stereocenters. The summed E-state index contributed by atoms with van der Waals surface area (Å²) in [5.41, 5.74) is 0.747. The Hall–Kier alpha value is -3.63. The molecule has 1 N–H and O–H groups in total. The van der Waals surface area contributed by atoms with Crippen LogP contribution >= 0.6 is 11.6 Å². The van der Waals surface area contributed by atoms with Crippen LogP contribution in [0.25, 0.3) is 0 Å². The number of carbonyl (C=O) groups is 2. The molecule has 0 bridgehead atoms. The average Bonchev–Trinajstić information content (AvgIpc) is 2.90. The van der Waals surface area contributed by atoms with E-state index in [0.717, 1.165) is 16.4 Å². The Morgan fingerprint density at radius 2 is 1.71 bits per heavy atom. The van der Waals surface area contributed by atoms with E-state index in [1.807, 2.05) is 0 Å². The maximum Gasteiger partial charge on any atom is 0.264 e. The molecule has 0 fully saturated rings. The Kier molecular flexibility index (Phi) is 9.71. The molecule has 2 amide bonds. The second kappa shape index (κ2) is 12.7. The first-order valence-electron chi connectivity index (χ1n) is 11.8. The van der Waals surface area contributed by atoms with Crippen molar-refractivity contribution in [2.45, 2.75) is 31.3 Å². The molecule has 38 heavy (non-hydrogen) atoms. The van der Waals surface area contributed by atoms with Gasteiger partial charge in [0.25, 0.3) is 10.0 Å². The third-order valence-electron chi connectivity index (χ3n) is 5.80. The van der Waals surface area contributed by atoms with Crippen molar-refractivity contribution < 1.29 is 27.1 Å². The van der Waals surface area contributed by atoms with Gasteiger partial charge in [-0.15, -0.1) is 0 Å². The number of halogens is 2. The molecule has 0 saturated carbocycles. The van der Waals surface area contributed by atoms with Crippen molar-refractivity contribution in [3.8, 4) is 5.75 Å². The first kappa shape index (κ1) is 28.9. The molecule has 0 spiro atoms. The molecule has 11 heteroatoms. The fourth-order valence-electron chi connectivity index (χ4n) is 3.75. The molecule has 3 rings (SSSR count). The predicted octanol–water partition coefficient (Wildman–Crippen LogP) is 4.24. The summed E-state index contributed by atoms with van der Waals surface area (Å²) in [4.78, 5) is 27.6. The number of carbonyl (C=O) groups excluding carboxylic acids is 2. The lowest BCUT2D eigenvalue weighted by Gasteiger charge is -2.32. The zero-order valence-electron chi connectivity index (χ0n) is 21.2. The van der Waals surface area contributed by atoms with E-state index in [4.69, 9.17) is 16.3 Å². The Bertz CT molecular complexity index is 1370. The van der Waals surface area contributed by atoms with E-state index in [2.05, 4.69) is 5.32 Å². The number of nitrogens with one attached hydrogen (secondary N) is 1. The third-order valence-corrected chi connectivity index (χ3v) is 7.82. The van der Waals surface area contributed by atoms with E-state index in [1.165, 1.54) is 48.4 Å². The largest absolute Gasteiger partial charge is 0.497 e. The van der Waals surface area contributed by atoms with Gasteiger partial charge in [0.1, 0.15) is 24.2 Å². The van der Waals surface area contributed by atoms with Crippen molar-refractivity contribution >= 4 is 39.1 Å². The normalized spacial score (nSPS) is 11.9. The van der Waals surface area contributed by atoms with Gasteiger partial charge in [-0.1, -0.05) is 23.7 Å². The van der Waals surface area contributed by atoms with Gasteiger partial charge in [0.2, 0.25) is 11.8 Å². The van der Waals surface area contributed by atoms with Crippen LogP contribution in [-0.4, -0.2) is 51.4 Å². The number of amides is 2. The molecule has 0 aliphatic rings. The van der Waals surface area contributed by atoms with Crippen LogP contribution in [0.5, 0.6) is 5.75 Å². The average molecular weight is 562 g/mol. The molecule has 0 radical (unpaired) electrons. The van der Waals surface area contributed by atoms with E-state index in [1.54, 1.807) is 38.1 Å². The van der Waals surface area contributed by atoms with Gasteiger partial charge >= 0.3 is 0 Å². The zero-order chi connectivity index (χ0) is 27.9. The van der Waals surface area contributed by atoms with E-state index in [9.17, 15) is 22.4 Å². The van der Waals surface area contributed by atoms with Gasteiger partial charge in [-0.2, -0.15) is 0 Å². The molecule has 202 valence electrons. The second-order valence-electron chi connectivity index (χ2n) is 8.39. The minimum atomic E-state index is -4.27. The van der Waals surface area contributed by atoms with Crippen LogP contribution in [0.3, 0.4) is 0 Å². The molecule has 0 saturated heterocycles. The molecule has 8 nitrogen and oxygen atoms in total. The number of anilines is 1. The number of likely N-dealkylation sites (N-methyl/N-ethyl adjacent to an activating group) is 1. The summed E-state index contributed by atoms with van der Waals surface area (Å²) in [6, 6.07) is 16.4. The number of hydrogen-bond acceptors (Lipinski definition) is 5. The molecule has 0 aliphatic heterocycles. The Morgan fingerprint density at radius 3 is 2.29 bits per heavy atom. The molecule has 3 aromatic carbocycles. The van der Waals surface area contributed by atoms with Gasteiger partial charge in [-0.25, -0.2) is 12.8 Å². The van der Waals surface area contributed by atoms with Crippen LogP contribution in [-0.2, 0) is 26.2 Å². The SMILES string of the molecule is CCNC(=O)[C@H](C)N(Cc1cccc(Cl)c1)C(=O)CN(c1ccc(F)cc1)S(=O)(=O)c1ccc(OC)cc1. The maximum absolute atomic E-state index is 13.7. The molecule has 0 unspecified atom stereocenters. The standard InChI is InChI=1S/C27H29ClFN3O5S/c1-4-30-27(34)19(2)31(17-20-6-5-7-21(28)16-20)26(33)18-32(23-10-8-22(29)9-11-23)38(35,36)25-14-12-24(37-3)13-15-25/h5-16,19H,4,17-18H2,1-3H3,(H,30,34)/t19-/m0/s1. The van der Waals surface area contributed by atoms with Gasteiger partial charge in [0.15, 0.2) is 0 Å². The highest BCUT2D eigenvalue weighted by Crippen LogP contribution is 2.26. The van der Waals surface area contributed by atoms with Crippen molar-refractivity contribution in [3.63, 3.8) is 0 Å². The number of methoxy groups -OCH3 is 1. The fraction of sp³-hybridized carbons (Fsp3) is 0.259. The van der Waals surface area contributed by atoms with E-state index < -0.39 is 40.2 Å². The zero-order valence-corrected chi connectivity index (χ0v) is 22.8. The Balaban J connectivity index is 2.02. The van der Waals surface area contributed by atoms with Crippen LogP contribution in [0.15, 0.2) is 77.7 Å². The maximum atomic E-state index is 13.7. The van der Waals surface area contributed by atoms with Gasteiger partial charge in [0.05, 0.1) is 17.7 Å². The van der Waals surface area contributed by atoms with Crippen molar-refractivity contribution in [1.29, 1.82) is 0 Å². The number of ether oxygens (including phenoxy) is 1. The summed E-state index contributed by atoms with van der Waals surface area (Å²) < 4.78 is 47.1. The number of rotatable bonds is 11. The lowest BCUT2D eigenvalue weighted by atomic mass is 10.1. The lowest BCUT2D eigenvalue weighted by Crippen LogP contribution is -2.51. The van der Waals surface area contributed by atoms with E-state index >= 15 is 0 Å². The van der Waals surface area contributed by atoms with Crippen LogP contribution in [0, 0.1) is 5.82 Å². The van der Waals surface area contributed by atoms with Crippen molar-refractivity contribution in [1.82, 2.24) is 10.2 Å². The molecule has 0 heterocycles. The number of nitrogens with zero attached hydrogens (tertiary/aromatic N) is 2. The molecule has 0 aliphatic carbocycles. The van der Waals surface area contributed by atoms with Crippen LogP contribution in [0.4, 0.5) is 10.1 Å². The minimum Gasteiger partial charge on any atom is -0.497 e. The first-order valence-corrected chi connectivity index (χ1v) is 13.6. The third kappa shape index (κ3) is 7.02. The van der Waals surface area contributed by atoms with Gasteiger partial charge in [-0.3, -0.25) is 13.9 Å². The highest BCUT2D eigenvalue weighted by Gasteiger charge is 2.32. The summed E-state index contributed by atoms with van der Waals surface area (Å²) in [6.45, 7) is 3.05. The van der Waals surface area contributed by atoms with Crippen LogP contribution in [0.2, 0.25) is 5.02 Å². The van der Waals surface area contributed by atoms with Crippen molar-refractivity contribution in [3.05, 3.63) is 89.2 Å². The van der Waals surface area contributed by atoms with Crippen molar-refractivity contribution in [2.24, 2.45) is 0 Å². The topological polar surface area (TPSA) is 96.0 Å². The molecule has 0 aromatic heterocycles. The van der Waals surface area contributed by atoms with E-state index in [-0.39, 0.29) is 17.1 Å². The highest BCUT2D eigenvalue weighted by molar-refractivity contribution is 7.92. The summed E-state index contributed by atoms with van der Waals surface area (Å²) in [7, 11) is -2.81. The first-order chi connectivity index (χ1) is 18.1. The van der Waals surface area contributed by atoms with Gasteiger partial charge in [0, 0.05) is 18.1 Å². The number of benzene rings is 3. The minimum absolute atomic E-state index is 0.0114. The number of sulfonamides is 1. The quantitative estimate of drug-likeness (QED) is 0.378. The smallest absolute Gasteiger partial charge is 0.264 e. The predicted molar refractivity (Wildman–Crippen MR) is 144 cm³/mol. The van der Waals surface area contributed by atoms with Gasteiger partial charge in [-0.05, 0) is 80.1 Å². The molecular formula is C27H29ClFN3O5S. The summed E-state index contributed by atoms with van der Waals surface area (Å²) in [5.74, 6) is -1.13. The second-order valence-corrected chi connectivity index (χ2v) is 10.7. The summed E-state index contributed by atoms with van der Waals surface area (Å²) in [6.07, 6.45) is 0. The van der Waals surface area contributed by atoms with Crippen LogP contribution < -0.4 is 14.4 Å². The van der Waals surface area contributed by atoms with Gasteiger partial charge < -0.3 is 15.0 Å².